The van der Waals surface area contributed by atoms with Crippen molar-refractivity contribution in [2.45, 2.75) is 43.5 Å². The fraction of sp³-hybridized carbons (Fsp3) is 0.643. The van der Waals surface area contributed by atoms with E-state index in [0.717, 1.165) is 19.3 Å². The Morgan fingerprint density at radius 1 is 1.48 bits per heavy atom. The number of aromatic nitrogens is 1. The number of pyridine rings is 1. The Hall–Kier alpha value is -1.18. The van der Waals surface area contributed by atoms with E-state index in [1.54, 1.807) is 6.07 Å². The second kappa shape index (κ2) is 7.20. The van der Waals surface area contributed by atoms with E-state index < -0.39 is 10.0 Å². The summed E-state index contributed by atoms with van der Waals surface area (Å²) in [4.78, 5) is 4.37. The third kappa shape index (κ3) is 3.72. The van der Waals surface area contributed by atoms with Crippen LogP contribution in [0.5, 0.6) is 0 Å². The first-order valence-corrected chi connectivity index (χ1v) is 8.86. The molecule has 1 saturated heterocycles. The number of nitrogens with one attached hydrogen (secondary N) is 1. The molecular weight excluding hydrogens is 290 g/mol. The first-order valence-electron chi connectivity index (χ1n) is 7.42. The van der Waals surface area contributed by atoms with Crippen molar-refractivity contribution in [3.63, 3.8) is 0 Å². The molecule has 1 unspecified atom stereocenters. The molecule has 0 radical (unpaired) electrons. The molecule has 2 N–H and O–H groups in total. The molecule has 1 aliphatic heterocycles. The van der Waals surface area contributed by atoms with Crippen LogP contribution in [0.1, 0.15) is 32.6 Å². The van der Waals surface area contributed by atoms with Crippen LogP contribution >= 0.6 is 0 Å². The highest BCUT2D eigenvalue weighted by Gasteiger charge is 2.33. The highest BCUT2D eigenvalue weighted by Crippen LogP contribution is 2.27. The van der Waals surface area contributed by atoms with Gasteiger partial charge in [-0.1, -0.05) is 6.42 Å². The zero-order chi connectivity index (χ0) is 15.3. The molecule has 1 aromatic heterocycles. The van der Waals surface area contributed by atoms with Crippen LogP contribution in [0, 0.1) is 0 Å². The lowest BCUT2D eigenvalue weighted by Gasteiger charge is -2.34. The fourth-order valence-electron chi connectivity index (χ4n) is 2.71. The molecule has 21 heavy (non-hydrogen) atoms. The summed E-state index contributed by atoms with van der Waals surface area (Å²) in [7, 11) is -3.53. The van der Waals surface area contributed by atoms with E-state index in [1.807, 2.05) is 6.92 Å². The van der Waals surface area contributed by atoms with Gasteiger partial charge < -0.3 is 10.4 Å². The number of anilines is 1. The molecule has 1 aliphatic rings. The molecule has 0 aromatic carbocycles. The molecule has 0 aliphatic carbocycles. The van der Waals surface area contributed by atoms with Gasteiger partial charge in [-0.2, -0.15) is 4.31 Å². The molecular formula is C14H23N3O3S. The molecule has 1 aromatic rings. The number of rotatable bonds is 6. The van der Waals surface area contributed by atoms with Crippen LogP contribution < -0.4 is 5.32 Å². The van der Waals surface area contributed by atoms with Gasteiger partial charge in [0.25, 0.3) is 0 Å². The lowest BCUT2D eigenvalue weighted by atomic mass is 10.0. The number of sulfonamides is 1. The van der Waals surface area contributed by atoms with Crippen molar-refractivity contribution in [1.29, 1.82) is 0 Å². The van der Waals surface area contributed by atoms with E-state index >= 15 is 0 Å². The Morgan fingerprint density at radius 2 is 2.29 bits per heavy atom. The Morgan fingerprint density at radius 3 is 3.00 bits per heavy atom. The molecule has 6 nitrogen and oxygen atoms in total. The average molecular weight is 313 g/mol. The van der Waals surface area contributed by atoms with Crippen LogP contribution in [0.4, 0.5) is 5.82 Å². The maximum absolute atomic E-state index is 12.8. The van der Waals surface area contributed by atoms with E-state index in [1.165, 1.54) is 16.6 Å². The predicted molar refractivity (Wildman–Crippen MR) is 81.6 cm³/mol. The van der Waals surface area contributed by atoms with Crippen LogP contribution in [0.15, 0.2) is 23.2 Å². The van der Waals surface area contributed by atoms with Crippen molar-refractivity contribution in [2.75, 3.05) is 25.0 Å². The third-order valence-electron chi connectivity index (χ3n) is 3.73. The van der Waals surface area contributed by atoms with Crippen LogP contribution in [-0.2, 0) is 10.0 Å². The molecule has 1 atom stereocenters. The molecule has 7 heteroatoms. The maximum Gasteiger partial charge on any atom is 0.243 e. The van der Waals surface area contributed by atoms with Crippen molar-refractivity contribution < 1.29 is 13.5 Å². The summed E-state index contributed by atoms with van der Waals surface area (Å²) < 4.78 is 27.2. The van der Waals surface area contributed by atoms with Crippen molar-refractivity contribution in [3.8, 4) is 0 Å². The number of nitrogens with zero attached hydrogens (tertiary/aromatic N) is 2. The number of hydrogen-bond acceptors (Lipinski definition) is 5. The Bertz CT molecular complexity index is 560. The quantitative estimate of drug-likeness (QED) is 0.830. The van der Waals surface area contributed by atoms with Crippen LogP contribution in [-0.4, -0.2) is 48.6 Å². The summed E-state index contributed by atoms with van der Waals surface area (Å²) in [5.74, 6) is 0.564. The van der Waals surface area contributed by atoms with Gasteiger partial charge in [-0.05, 0) is 32.3 Å². The minimum absolute atomic E-state index is 0.00960. The maximum atomic E-state index is 12.8. The molecule has 2 rings (SSSR count). The minimum atomic E-state index is -3.53. The second-order valence-corrected chi connectivity index (χ2v) is 7.08. The third-order valence-corrected chi connectivity index (χ3v) is 5.68. The highest BCUT2D eigenvalue weighted by molar-refractivity contribution is 7.89. The lowest BCUT2D eigenvalue weighted by molar-refractivity contribution is 0.192. The number of aliphatic hydroxyl groups is 1. The molecule has 0 spiro atoms. The predicted octanol–water partition coefficient (Wildman–Crippen LogP) is 1.44. The summed E-state index contributed by atoms with van der Waals surface area (Å²) in [5, 5.41) is 12.2. The van der Waals surface area contributed by atoms with Gasteiger partial charge in [0.2, 0.25) is 10.0 Å². The summed E-state index contributed by atoms with van der Waals surface area (Å²) in [6, 6.07) is 2.99. The van der Waals surface area contributed by atoms with Gasteiger partial charge in [0.15, 0.2) is 0 Å². The normalized spacial score (nSPS) is 20.4. The standard InChI is InChI=1S/C14H23N3O3S/c1-2-15-14-11-13(6-8-16-14)21(19,20)17-9-4-3-5-12(17)7-10-18/h6,8,11-12,18H,2-5,7,9-10H2,1H3,(H,15,16). The molecule has 0 bridgehead atoms. The van der Waals surface area contributed by atoms with Gasteiger partial charge in [0.05, 0.1) is 4.90 Å². The highest BCUT2D eigenvalue weighted by atomic mass is 32.2. The van der Waals surface area contributed by atoms with Gasteiger partial charge in [-0.25, -0.2) is 13.4 Å². The van der Waals surface area contributed by atoms with Gasteiger partial charge >= 0.3 is 0 Å². The summed E-state index contributed by atoms with van der Waals surface area (Å²) in [6.07, 6.45) is 4.69. The SMILES string of the molecule is CCNc1cc(S(=O)(=O)N2CCCCC2CCO)ccn1. The van der Waals surface area contributed by atoms with Crippen LogP contribution in [0.3, 0.4) is 0 Å². The Balaban J connectivity index is 2.29. The molecule has 2 heterocycles. The van der Waals surface area contributed by atoms with Crippen molar-refractivity contribution in [2.24, 2.45) is 0 Å². The van der Waals surface area contributed by atoms with E-state index in [9.17, 15) is 8.42 Å². The van der Waals surface area contributed by atoms with Crippen LogP contribution in [0.25, 0.3) is 0 Å². The molecule has 118 valence electrons. The zero-order valence-electron chi connectivity index (χ0n) is 12.3. The van der Waals surface area contributed by atoms with Gasteiger partial charge in [-0.3, -0.25) is 0 Å². The summed E-state index contributed by atoms with van der Waals surface area (Å²) >= 11 is 0. The first-order chi connectivity index (χ1) is 10.1. The second-order valence-electron chi connectivity index (χ2n) is 5.18. The zero-order valence-corrected chi connectivity index (χ0v) is 13.1. The van der Waals surface area contributed by atoms with E-state index in [0.29, 0.717) is 25.3 Å². The lowest BCUT2D eigenvalue weighted by Crippen LogP contribution is -2.44. The van der Waals surface area contributed by atoms with E-state index in [4.69, 9.17) is 5.11 Å². The van der Waals surface area contributed by atoms with Gasteiger partial charge in [-0.15, -0.1) is 0 Å². The smallest absolute Gasteiger partial charge is 0.243 e. The van der Waals surface area contributed by atoms with Crippen LogP contribution in [0.2, 0.25) is 0 Å². The average Bonchev–Trinajstić information content (AvgIpc) is 2.49. The number of piperidine rings is 1. The molecule has 0 saturated carbocycles. The van der Waals surface area contributed by atoms with Crippen molar-refractivity contribution in [1.82, 2.24) is 9.29 Å². The summed E-state index contributed by atoms with van der Waals surface area (Å²) in [6.45, 7) is 3.15. The Labute approximate surface area is 126 Å². The summed E-state index contributed by atoms with van der Waals surface area (Å²) in [5.41, 5.74) is 0. The van der Waals surface area contributed by atoms with E-state index in [-0.39, 0.29) is 17.5 Å². The first kappa shape index (κ1) is 16.2. The van der Waals surface area contributed by atoms with Gasteiger partial charge in [0.1, 0.15) is 5.82 Å². The molecule has 0 amide bonds. The topological polar surface area (TPSA) is 82.5 Å². The molecule has 1 fully saturated rings. The van der Waals surface area contributed by atoms with Gasteiger partial charge in [0, 0.05) is 38.0 Å². The van der Waals surface area contributed by atoms with Crippen molar-refractivity contribution >= 4 is 15.8 Å². The fourth-order valence-corrected chi connectivity index (χ4v) is 4.45. The largest absolute Gasteiger partial charge is 0.396 e. The minimum Gasteiger partial charge on any atom is -0.396 e. The number of aliphatic hydroxyl groups excluding tert-OH is 1. The van der Waals surface area contributed by atoms with Crippen molar-refractivity contribution in [3.05, 3.63) is 18.3 Å². The Kier molecular flexibility index (Phi) is 5.55. The number of hydrogen-bond donors (Lipinski definition) is 2. The monoisotopic (exact) mass is 313 g/mol. The van der Waals surface area contributed by atoms with E-state index in [2.05, 4.69) is 10.3 Å².